The van der Waals surface area contributed by atoms with E-state index in [0.29, 0.717) is 22.1 Å². The van der Waals surface area contributed by atoms with Crippen molar-refractivity contribution in [2.45, 2.75) is 13.8 Å². The fourth-order valence-corrected chi connectivity index (χ4v) is 3.33. The van der Waals surface area contributed by atoms with Gasteiger partial charge in [0, 0.05) is 5.69 Å². The summed E-state index contributed by atoms with van der Waals surface area (Å²) in [5.74, 6) is 0.449. The molecule has 0 saturated heterocycles. The highest BCUT2D eigenvalue weighted by Gasteiger charge is 2.16. The summed E-state index contributed by atoms with van der Waals surface area (Å²) in [6, 6.07) is 7.38. The molecule has 0 aromatic carbocycles. The van der Waals surface area contributed by atoms with Gasteiger partial charge < -0.3 is 5.32 Å². The van der Waals surface area contributed by atoms with Gasteiger partial charge in [-0.1, -0.05) is 0 Å². The average molecular weight is 366 g/mol. The molecule has 0 spiro atoms. The number of nitrogens with zero attached hydrogens (tertiary/aromatic N) is 7. The third-order valence-corrected chi connectivity index (χ3v) is 4.58. The van der Waals surface area contributed by atoms with Gasteiger partial charge in [-0.05, 0) is 53.9 Å². The fourth-order valence-electron chi connectivity index (χ4n) is 2.56. The average Bonchev–Trinajstić information content (AvgIpc) is 3.35. The lowest BCUT2D eigenvalue weighted by molar-refractivity contribution is 0.103. The van der Waals surface area contributed by atoms with Crippen LogP contribution < -0.4 is 5.32 Å². The number of aromatic nitrogens is 7. The number of aryl methyl sites for hydroxylation is 2. The number of rotatable bonds is 4. The van der Waals surface area contributed by atoms with Crippen LogP contribution in [0.25, 0.3) is 11.5 Å². The van der Waals surface area contributed by atoms with Gasteiger partial charge in [-0.2, -0.15) is 9.78 Å². The van der Waals surface area contributed by atoms with E-state index in [1.807, 2.05) is 31.4 Å². The van der Waals surface area contributed by atoms with Gasteiger partial charge in [-0.25, -0.2) is 9.67 Å². The smallest absolute Gasteiger partial charge is 0.268 e. The molecule has 10 heteroatoms. The molecule has 0 bridgehead atoms. The van der Waals surface area contributed by atoms with E-state index in [1.54, 1.807) is 23.0 Å². The lowest BCUT2D eigenvalue weighted by atomic mass is 10.3. The summed E-state index contributed by atoms with van der Waals surface area (Å²) < 4.78 is 3.21. The summed E-state index contributed by atoms with van der Waals surface area (Å²) >= 11 is 1.32. The van der Waals surface area contributed by atoms with E-state index in [1.165, 1.54) is 22.3 Å². The summed E-state index contributed by atoms with van der Waals surface area (Å²) in [4.78, 5) is 17.5. The SMILES string of the molecule is Cc1cc(C)n(-c2ccc(NC(=O)c3sccc3-n3cnnn3)cn2)n1. The lowest BCUT2D eigenvalue weighted by Crippen LogP contribution is -2.13. The minimum atomic E-state index is -0.244. The van der Waals surface area contributed by atoms with Gasteiger partial charge in [0.1, 0.15) is 11.2 Å². The van der Waals surface area contributed by atoms with E-state index >= 15 is 0 Å². The monoisotopic (exact) mass is 366 g/mol. The van der Waals surface area contributed by atoms with Crippen molar-refractivity contribution in [2.24, 2.45) is 0 Å². The fraction of sp³-hybridized carbons (Fsp3) is 0.125. The number of amides is 1. The summed E-state index contributed by atoms with van der Waals surface area (Å²) in [6.07, 6.45) is 3.05. The Morgan fingerprint density at radius 2 is 2.12 bits per heavy atom. The Morgan fingerprint density at radius 1 is 1.23 bits per heavy atom. The van der Waals surface area contributed by atoms with E-state index in [-0.39, 0.29) is 5.91 Å². The largest absolute Gasteiger partial charge is 0.320 e. The molecule has 0 aliphatic rings. The zero-order valence-corrected chi connectivity index (χ0v) is 14.8. The van der Waals surface area contributed by atoms with Crippen LogP contribution in [0.2, 0.25) is 0 Å². The Hall–Kier alpha value is -3.40. The van der Waals surface area contributed by atoms with Crippen LogP contribution in [0, 0.1) is 13.8 Å². The Kier molecular flexibility index (Phi) is 4.01. The maximum absolute atomic E-state index is 12.6. The van der Waals surface area contributed by atoms with E-state index in [2.05, 4.69) is 30.9 Å². The molecule has 4 rings (SSSR count). The molecule has 0 aliphatic heterocycles. The van der Waals surface area contributed by atoms with Crippen LogP contribution in [-0.4, -0.2) is 40.9 Å². The summed E-state index contributed by atoms with van der Waals surface area (Å²) in [7, 11) is 0. The molecule has 0 aliphatic carbocycles. The highest BCUT2D eigenvalue weighted by atomic mass is 32.1. The summed E-state index contributed by atoms with van der Waals surface area (Å²) in [5, 5.41) is 20.1. The topological polar surface area (TPSA) is 103 Å². The third kappa shape index (κ3) is 2.97. The number of hydrogen-bond acceptors (Lipinski definition) is 7. The Morgan fingerprint density at radius 3 is 2.77 bits per heavy atom. The number of anilines is 1. The number of tetrazole rings is 1. The number of nitrogens with one attached hydrogen (secondary N) is 1. The molecule has 130 valence electrons. The van der Waals surface area contributed by atoms with E-state index in [9.17, 15) is 4.79 Å². The van der Waals surface area contributed by atoms with Crippen molar-refractivity contribution in [1.82, 2.24) is 35.0 Å². The molecule has 0 radical (unpaired) electrons. The first-order chi connectivity index (χ1) is 12.6. The second-order valence-electron chi connectivity index (χ2n) is 5.59. The minimum absolute atomic E-state index is 0.244. The minimum Gasteiger partial charge on any atom is -0.320 e. The van der Waals surface area contributed by atoms with Crippen LogP contribution in [-0.2, 0) is 0 Å². The number of thiophene rings is 1. The van der Waals surface area contributed by atoms with Crippen molar-refractivity contribution < 1.29 is 4.79 Å². The quantitative estimate of drug-likeness (QED) is 0.594. The molecular weight excluding hydrogens is 352 g/mol. The zero-order chi connectivity index (χ0) is 18.1. The van der Waals surface area contributed by atoms with Gasteiger partial charge in [-0.3, -0.25) is 4.79 Å². The maximum Gasteiger partial charge on any atom is 0.268 e. The van der Waals surface area contributed by atoms with Crippen LogP contribution >= 0.6 is 11.3 Å². The second kappa shape index (κ2) is 6.48. The molecule has 4 aromatic heterocycles. The molecule has 0 atom stereocenters. The zero-order valence-electron chi connectivity index (χ0n) is 14.0. The molecule has 1 amide bonds. The normalized spacial score (nSPS) is 10.8. The van der Waals surface area contributed by atoms with Gasteiger partial charge in [0.2, 0.25) is 0 Å². The van der Waals surface area contributed by atoms with Gasteiger partial charge in [0.25, 0.3) is 5.91 Å². The standard InChI is InChI=1S/C16H14N8OS/c1-10-7-11(2)24(20-10)14-4-3-12(8-17-14)19-16(25)15-13(5-6-26-15)23-9-18-21-22-23/h3-9H,1-2H3,(H,19,25). The summed E-state index contributed by atoms with van der Waals surface area (Å²) in [6.45, 7) is 3.90. The van der Waals surface area contributed by atoms with Crippen molar-refractivity contribution in [3.63, 3.8) is 0 Å². The van der Waals surface area contributed by atoms with Crippen molar-refractivity contribution in [3.8, 4) is 11.5 Å². The van der Waals surface area contributed by atoms with E-state index in [4.69, 9.17) is 0 Å². The first-order valence-corrected chi connectivity index (χ1v) is 8.61. The van der Waals surface area contributed by atoms with Gasteiger partial charge in [-0.15, -0.1) is 16.4 Å². The molecule has 0 unspecified atom stereocenters. The Labute approximate surface area is 152 Å². The van der Waals surface area contributed by atoms with Gasteiger partial charge >= 0.3 is 0 Å². The predicted molar refractivity (Wildman–Crippen MR) is 95.8 cm³/mol. The first-order valence-electron chi connectivity index (χ1n) is 7.74. The van der Waals surface area contributed by atoms with Crippen molar-refractivity contribution in [2.75, 3.05) is 5.32 Å². The second-order valence-corrected chi connectivity index (χ2v) is 6.50. The van der Waals surface area contributed by atoms with Crippen LogP contribution in [0.5, 0.6) is 0 Å². The van der Waals surface area contributed by atoms with Gasteiger partial charge in [0.15, 0.2) is 5.82 Å². The Balaban J connectivity index is 1.54. The number of carbonyl (C=O) groups excluding carboxylic acids is 1. The van der Waals surface area contributed by atoms with Crippen molar-refractivity contribution >= 4 is 22.9 Å². The van der Waals surface area contributed by atoms with Crippen LogP contribution in [0.3, 0.4) is 0 Å². The molecule has 1 N–H and O–H groups in total. The van der Waals surface area contributed by atoms with Crippen LogP contribution in [0.4, 0.5) is 5.69 Å². The van der Waals surface area contributed by atoms with Crippen molar-refractivity contribution in [1.29, 1.82) is 0 Å². The van der Waals surface area contributed by atoms with Crippen LogP contribution in [0.1, 0.15) is 21.1 Å². The molecule has 26 heavy (non-hydrogen) atoms. The number of pyridine rings is 1. The number of hydrogen-bond donors (Lipinski definition) is 1. The maximum atomic E-state index is 12.6. The van der Waals surface area contributed by atoms with Crippen molar-refractivity contribution in [3.05, 3.63) is 58.4 Å². The van der Waals surface area contributed by atoms with E-state index < -0.39 is 0 Å². The molecule has 4 heterocycles. The predicted octanol–water partition coefficient (Wildman–Crippen LogP) is 2.17. The molecular formula is C16H14N8OS. The Bertz CT molecular complexity index is 1050. The van der Waals surface area contributed by atoms with Gasteiger partial charge in [0.05, 0.1) is 23.3 Å². The summed E-state index contributed by atoms with van der Waals surface area (Å²) in [5.41, 5.74) is 3.15. The molecule has 9 nitrogen and oxygen atoms in total. The third-order valence-electron chi connectivity index (χ3n) is 3.68. The highest BCUT2D eigenvalue weighted by Crippen LogP contribution is 2.22. The highest BCUT2D eigenvalue weighted by molar-refractivity contribution is 7.12. The number of carbonyl (C=O) groups is 1. The lowest BCUT2D eigenvalue weighted by Gasteiger charge is -2.07. The van der Waals surface area contributed by atoms with Crippen LogP contribution in [0.15, 0.2) is 42.2 Å². The first kappa shape index (κ1) is 16.1. The molecule has 4 aromatic rings. The molecule has 0 fully saturated rings. The van der Waals surface area contributed by atoms with E-state index in [0.717, 1.165) is 11.4 Å². The molecule has 0 saturated carbocycles.